The number of fused-ring (bicyclic) bond motifs is 1. The van der Waals surface area contributed by atoms with Crippen molar-refractivity contribution in [1.29, 1.82) is 0 Å². The van der Waals surface area contributed by atoms with Crippen LogP contribution < -0.4 is 11.0 Å². The SMILES string of the molecule is C[C@@H](C(=O)Nc1ccc2[nH]c(=O)[nH]c2c1)N(C)Cc1cccc(Cl)c1Cl. The van der Waals surface area contributed by atoms with Crippen LogP contribution in [0.1, 0.15) is 12.5 Å². The van der Waals surface area contributed by atoms with Gasteiger partial charge in [-0.25, -0.2) is 4.79 Å². The lowest BCUT2D eigenvalue weighted by molar-refractivity contribution is -0.120. The number of H-pyrrole nitrogens is 2. The van der Waals surface area contributed by atoms with Crippen LogP contribution in [0, 0.1) is 0 Å². The van der Waals surface area contributed by atoms with E-state index in [4.69, 9.17) is 23.2 Å². The van der Waals surface area contributed by atoms with Crippen LogP contribution in [-0.4, -0.2) is 33.9 Å². The Hall–Kier alpha value is -2.28. The van der Waals surface area contributed by atoms with E-state index >= 15 is 0 Å². The third-order valence-corrected chi connectivity index (χ3v) is 5.13. The molecule has 0 saturated heterocycles. The Labute approximate surface area is 160 Å². The standard InChI is InChI=1S/C18H18Cl2N4O2/c1-10(24(2)9-11-4-3-5-13(19)16(11)20)17(25)21-12-6-7-14-15(8-12)23-18(26)22-14/h3-8,10H,9H2,1-2H3,(H,21,25)(H2,22,23,26)/t10-/m0/s1. The highest BCUT2D eigenvalue weighted by Crippen LogP contribution is 2.26. The van der Waals surface area contributed by atoms with Crippen molar-refractivity contribution >= 4 is 45.8 Å². The average molecular weight is 393 g/mol. The molecule has 1 atom stereocenters. The van der Waals surface area contributed by atoms with Crippen LogP contribution in [0.4, 0.5) is 5.69 Å². The highest BCUT2D eigenvalue weighted by Gasteiger charge is 2.19. The fraction of sp³-hybridized carbons (Fsp3) is 0.222. The summed E-state index contributed by atoms with van der Waals surface area (Å²) in [5.74, 6) is -0.164. The van der Waals surface area contributed by atoms with Gasteiger partial charge in [-0.3, -0.25) is 9.69 Å². The molecular formula is C18H18Cl2N4O2. The maximum absolute atomic E-state index is 12.5. The molecule has 3 aromatic rings. The Kier molecular flexibility index (Phi) is 5.36. The summed E-state index contributed by atoms with van der Waals surface area (Å²) in [5.41, 5.74) is 2.51. The zero-order valence-corrected chi connectivity index (χ0v) is 15.8. The van der Waals surface area contributed by atoms with Crippen LogP contribution in [-0.2, 0) is 11.3 Å². The van der Waals surface area contributed by atoms with Crippen molar-refractivity contribution in [1.82, 2.24) is 14.9 Å². The minimum Gasteiger partial charge on any atom is -0.325 e. The molecule has 0 spiro atoms. The van der Waals surface area contributed by atoms with Crippen molar-refractivity contribution in [3.63, 3.8) is 0 Å². The molecule has 136 valence electrons. The molecule has 0 fully saturated rings. The minimum atomic E-state index is -0.397. The first-order valence-corrected chi connectivity index (χ1v) is 8.77. The van der Waals surface area contributed by atoms with E-state index in [1.54, 1.807) is 24.3 Å². The first kappa shape index (κ1) is 18.5. The molecule has 0 saturated carbocycles. The molecular weight excluding hydrogens is 375 g/mol. The Morgan fingerprint density at radius 1 is 1.19 bits per heavy atom. The lowest BCUT2D eigenvalue weighted by atomic mass is 10.1. The molecule has 8 heteroatoms. The van der Waals surface area contributed by atoms with Crippen molar-refractivity contribution in [2.75, 3.05) is 12.4 Å². The Morgan fingerprint density at radius 2 is 1.92 bits per heavy atom. The summed E-state index contributed by atoms with van der Waals surface area (Å²) in [4.78, 5) is 31.1. The van der Waals surface area contributed by atoms with Gasteiger partial charge in [0, 0.05) is 12.2 Å². The summed E-state index contributed by atoms with van der Waals surface area (Å²) in [7, 11) is 1.84. The lowest BCUT2D eigenvalue weighted by Crippen LogP contribution is -2.39. The van der Waals surface area contributed by atoms with Gasteiger partial charge >= 0.3 is 5.69 Å². The second-order valence-corrected chi connectivity index (χ2v) is 6.92. The number of hydrogen-bond donors (Lipinski definition) is 3. The lowest BCUT2D eigenvalue weighted by Gasteiger charge is -2.24. The van der Waals surface area contributed by atoms with E-state index in [0.29, 0.717) is 33.3 Å². The average Bonchev–Trinajstić information content (AvgIpc) is 2.97. The van der Waals surface area contributed by atoms with E-state index in [1.807, 2.05) is 31.0 Å². The van der Waals surface area contributed by atoms with Gasteiger partial charge in [0.2, 0.25) is 5.91 Å². The zero-order chi connectivity index (χ0) is 18.8. The zero-order valence-electron chi connectivity index (χ0n) is 14.3. The molecule has 3 N–H and O–H groups in total. The van der Waals surface area contributed by atoms with E-state index in [1.165, 1.54) is 0 Å². The predicted octanol–water partition coefficient (Wildman–Crippen LogP) is 3.62. The molecule has 1 heterocycles. The molecule has 0 aliphatic rings. The second kappa shape index (κ2) is 7.53. The van der Waals surface area contributed by atoms with E-state index < -0.39 is 6.04 Å². The van der Waals surface area contributed by atoms with E-state index in [9.17, 15) is 9.59 Å². The van der Waals surface area contributed by atoms with Gasteiger partial charge in [0.05, 0.1) is 27.1 Å². The van der Waals surface area contributed by atoms with E-state index in [0.717, 1.165) is 5.56 Å². The normalized spacial score (nSPS) is 12.5. The quantitative estimate of drug-likeness (QED) is 0.619. The molecule has 6 nitrogen and oxygen atoms in total. The molecule has 0 bridgehead atoms. The van der Waals surface area contributed by atoms with Crippen LogP contribution in [0.15, 0.2) is 41.2 Å². The smallest absolute Gasteiger partial charge is 0.323 e. The molecule has 0 aliphatic heterocycles. The van der Waals surface area contributed by atoms with E-state index in [-0.39, 0.29) is 11.6 Å². The number of amides is 1. The summed E-state index contributed by atoms with van der Waals surface area (Å²) in [6, 6.07) is 10.2. The Morgan fingerprint density at radius 3 is 2.69 bits per heavy atom. The van der Waals surface area contributed by atoms with Crippen LogP contribution in [0.5, 0.6) is 0 Å². The number of carbonyl (C=O) groups excluding carboxylic acids is 1. The van der Waals surface area contributed by atoms with Gasteiger partial charge in [-0.15, -0.1) is 0 Å². The fourth-order valence-electron chi connectivity index (χ4n) is 2.63. The van der Waals surface area contributed by atoms with Crippen LogP contribution in [0.3, 0.4) is 0 Å². The number of anilines is 1. The number of halogens is 2. The van der Waals surface area contributed by atoms with Gasteiger partial charge in [0.15, 0.2) is 0 Å². The minimum absolute atomic E-state index is 0.164. The summed E-state index contributed by atoms with van der Waals surface area (Å²) in [6.45, 7) is 2.29. The highest BCUT2D eigenvalue weighted by molar-refractivity contribution is 6.42. The summed E-state index contributed by atoms with van der Waals surface area (Å²) >= 11 is 12.3. The number of aromatic nitrogens is 2. The van der Waals surface area contributed by atoms with Crippen LogP contribution >= 0.6 is 23.2 Å². The molecule has 2 aromatic carbocycles. The van der Waals surface area contributed by atoms with Gasteiger partial charge in [0.1, 0.15) is 0 Å². The van der Waals surface area contributed by atoms with Gasteiger partial charge in [-0.1, -0.05) is 35.3 Å². The van der Waals surface area contributed by atoms with Crippen molar-refractivity contribution in [3.05, 3.63) is 62.5 Å². The molecule has 0 unspecified atom stereocenters. The fourth-order valence-corrected chi connectivity index (χ4v) is 3.01. The largest absolute Gasteiger partial charge is 0.325 e. The number of hydrogen-bond acceptors (Lipinski definition) is 3. The first-order chi connectivity index (χ1) is 12.3. The monoisotopic (exact) mass is 392 g/mol. The third-order valence-electron chi connectivity index (χ3n) is 4.28. The number of likely N-dealkylation sites (N-methyl/N-ethyl adjacent to an activating group) is 1. The summed E-state index contributed by atoms with van der Waals surface area (Å²) < 4.78 is 0. The molecule has 0 aliphatic carbocycles. The van der Waals surface area contributed by atoms with Gasteiger partial charge < -0.3 is 15.3 Å². The van der Waals surface area contributed by atoms with Crippen molar-refractivity contribution in [3.8, 4) is 0 Å². The maximum atomic E-state index is 12.5. The molecule has 0 radical (unpaired) electrons. The number of rotatable bonds is 5. The number of nitrogens with one attached hydrogen (secondary N) is 3. The second-order valence-electron chi connectivity index (χ2n) is 6.13. The van der Waals surface area contributed by atoms with E-state index in [2.05, 4.69) is 15.3 Å². The number of nitrogens with zero attached hydrogens (tertiary/aromatic N) is 1. The predicted molar refractivity (Wildman–Crippen MR) is 105 cm³/mol. The molecule has 3 rings (SSSR count). The van der Waals surface area contributed by atoms with Crippen molar-refractivity contribution in [2.24, 2.45) is 0 Å². The van der Waals surface area contributed by atoms with Crippen molar-refractivity contribution < 1.29 is 4.79 Å². The topological polar surface area (TPSA) is 81.0 Å². The number of carbonyl (C=O) groups is 1. The van der Waals surface area contributed by atoms with Gasteiger partial charge in [-0.05, 0) is 43.8 Å². The third kappa shape index (κ3) is 3.93. The van der Waals surface area contributed by atoms with Crippen LogP contribution in [0.2, 0.25) is 10.0 Å². The maximum Gasteiger partial charge on any atom is 0.323 e. The van der Waals surface area contributed by atoms with Gasteiger partial charge in [-0.2, -0.15) is 0 Å². The number of benzene rings is 2. The number of aromatic amines is 2. The number of imidazole rings is 1. The summed E-state index contributed by atoms with van der Waals surface area (Å²) in [6.07, 6.45) is 0. The Bertz CT molecular complexity index is 1010. The molecule has 1 aromatic heterocycles. The highest BCUT2D eigenvalue weighted by atomic mass is 35.5. The van der Waals surface area contributed by atoms with Crippen molar-refractivity contribution in [2.45, 2.75) is 19.5 Å². The molecule has 26 heavy (non-hydrogen) atoms. The first-order valence-electron chi connectivity index (χ1n) is 8.01. The van der Waals surface area contributed by atoms with Gasteiger partial charge in [0.25, 0.3) is 0 Å². The molecule has 1 amide bonds. The Balaban J connectivity index is 1.69. The van der Waals surface area contributed by atoms with Crippen LogP contribution in [0.25, 0.3) is 11.0 Å². The summed E-state index contributed by atoms with van der Waals surface area (Å²) in [5, 5.41) is 3.85.